The van der Waals surface area contributed by atoms with Crippen LogP contribution in [0.15, 0.2) is 12.0 Å². The van der Waals surface area contributed by atoms with Crippen LogP contribution in [-0.4, -0.2) is 40.1 Å². The van der Waals surface area contributed by atoms with Gasteiger partial charge in [0.25, 0.3) is 0 Å². The minimum atomic E-state index is -0.703. The number of hydrogen-bond acceptors (Lipinski definition) is 4. The van der Waals surface area contributed by atoms with Crippen molar-refractivity contribution < 1.29 is 15.3 Å². The summed E-state index contributed by atoms with van der Waals surface area (Å²) >= 11 is 0. The standard InChI is InChI=1S/C6H13NO3/c1-5(10)7(2)6(3-8)4-9/h3,5,8-10H,4H2,1-2H3/b6-3+. The monoisotopic (exact) mass is 147 g/mol. The van der Waals surface area contributed by atoms with Crippen LogP contribution in [0.4, 0.5) is 0 Å². The first kappa shape index (κ1) is 9.26. The Bertz CT molecular complexity index is 122. The fourth-order valence-electron chi connectivity index (χ4n) is 0.483. The maximum absolute atomic E-state index is 8.92. The van der Waals surface area contributed by atoms with E-state index in [9.17, 15) is 0 Å². The number of aliphatic hydroxyl groups is 3. The van der Waals surface area contributed by atoms with Gasteiger partial charge in [0.1, 0.15) is 12.5 Å². The van der Waals surface area contributed by atoms with Gasteiger partial charge >= 0.3 is 0 Å². The zero-order valence-electron chi connectivity index (χ0n) is 6.15. The van der Waals surface area contributed by atoms with Gasteiger partial charge in [-0.3, -0.25) is 0 Å². The SMILES string of the molecule is CC(O)N(C)/C(=C/O)CO. The van der Waals surface area contributed by atoms with Crippen LogP contribution in [0.2, 0.25) is 0 Å². The second-order valence-electron chi connectivity index (χ2n) is 2.02. The molecule has 0 saturated heterocycles. The topological polar surface area (TPSA) is 63.9 Å². The third-order valence-corrected chi connectivity index (χ3v) is 1.32. The van der Waals surface area contributed by atoms with Crippen LogP contribution in [0.3, 0.4) is 0 Å². The van der Waals surface area contributed by atoms with Gasteiger partial charge in [-0.1, -0.05) is 0 Å². The van der Waals surface area contributed by atoms with E-state index >= 15 is 0 Å². The fourth-order valence-corrected chi connectivity index (χ4v) is 0.483. The Morgan fingerprint density at radius 2 is 2.20 bits per heavy atom. The van der Waals surface area contributed by atoms with Crippen molar-refractivity contribution in [3.63, 3.8) is 0 Å². The highest BCUT2D eigenvalue weighted by Gasteiger charge is 2.07. The first-order chi connectivity index (χ1) is 4.63. The third kappa shape index (κ3) is 2.24. The molecule has 0 rings (SSSR count). The number of nitrogens with zero attached hydrogens (tertiary/aromatic N) is 1. The smallest absolute Gasteiger partial charge is 0.123 e. The van der Waals surface area contributed by atoms with Crippen LogP contribution in [0.25, 0.3) is 0 Å². The Morgan fingerprint density at radius 1 is 1.70 bits per heavy atom. The van der Waals surface area contributed by atoms with Crippen LogP contribution in [-0.2, 0) is 0 Å². The Hall–Kier alpha value is -0.740. The molecule has 0 spiro atoms. The zero-order valence-corrected chi connectivity index (χ0v) is 6.15. The van der Waals surface area contributed by atoms with Crippen molar-refractivity contribution in [3.05, 3.63) is 12.0 Å². The minimum Gasteiger partial charge on any atom is -0.514 e. The maximum Gasteiger partial charge on any atom is 0.123 e. The number of likely N-dealkylation sites (N-methyl/N-ethyl adjacent to an activating group) is 1. The van der Waals surface area contributed by atoms with Crippen LogP contribution < -0.4 is 0 Å². The Morgan fingerprint density at radius 3 is 2.30 bits per heavy atom. The molecule has 3 N–H and O–H groups in total. The Labute approximate surface area is 60.0 Å². The molecule has 0 amide bonds. The number of rotatable bonds is 3. The summed E-state index contributed by atoms with van der Waals surface area (Å²) in [7, 11) is 1.57. The largest absolute Gasteiger partial charge is 0.514 e. The molecule has 0 bridgehead atoms. The average Bonchev–Trinajstić information content (AvgIpc) is 1.90. The van der Waals surface area contributed by atoms with Crippen molar-refractivity contribution in [2.75, 3.05) is 13.7 Å². The van der Waals surface area contributed by atoms with Gasteiger partial charge in [-0.05, 0) is 6.92 Å². The van der Waals surface area contributed by atoms with Crippen molar-refractivity contribution in [2.24, 2.45) is 0 Å². The Kier molecular flexibility index (Phi) is 3.83. The molecule has 1 atom stereocenters. The van der Waals surface area contributed by atoms with Gasteiger partial charge in [-0.15, -0.1) is 0 Å². The van der Waals surface area contributed by atoms with Crippen LogP contribution in [0.1, 0.15) is 6.92 Å². The highest BCUT2D eigenvalue weighted by molar-refractivity contribution is 4.95. The quantitative estimate of drug-likeness (QED) is 0.377. The zero-order chi connectivity index (χ0) is 8.15. The Balaban J connectivity index is 4.03. The molecule has 10 heavy (non-hydrogen) atoms. The van der Waals surface area contributed by atoms with Gasteiger partial charge < -0.3 is 20.2 Å². The summed E-state index contributed by atoms with van der Waals surface area (Å²) in [6.07, 6.45) is 0.0674. The molecule has 0 aliphatic carbocycles. The minimum absolute atomic E-state index is 0.280. The van der Waals surface area contributed by atoms with Crippen molar-refractivity contribution in [2.45, 2.75) is 13.2 Å². The van der Waals surface area contributed by atoms with Gasteiger partial charge in [0.05, 0.1) is 12.3 Å². The first-order valence-electron chi connectivity index (χ1n) is 2.98. The number of hydrogen-bond donors (Lipinski definition) is 3. The van der Waals surface area contributed by atoms with Crippen LogP contribution >= 0.6 is 0 Å². The van der Waals surface area contributed by atoms with E-state index < -0.39 is 6.23 Å². The van der Waals surface area contributed by atoms with Gasteiger partial charge in [0.2, 0.25) is 0 Å². The fraction of sp³-hybridized carbons (Fsp3) is 0.667. The molecule has 0 aliphatic rings. The van der Waals surface area contributed by atoms with E-state index in [-0.39, 0.29) is 12.3 Å². The van der Waals surface area contributed by atoms with E-state index in [0.717, 1.165) is 6.26 Å². The highest BCUT2D eigenvalue weighted by atomic mass is 16.3. The maximum atomic E-state index is 8.92. The second kappa shape index (κ2) is 4.14. The summed E-state index contributed by atoms with van der Waals surface area (Å²) in [6.45, 7) is 1.26. The van der Waals surface area contributed by atoms with Crippen molar-refractivity contribution in [1.29, 1.82) is 0 Å². The molecular weight excluding hydrogens is 134 g/mol. The average molecular weight is 147 g/mol. The third-order valence-electron chi connectivity index (χ3n) is 1.32. The predicted molar refractivity (Wildman–Crippen MR) is 37.2 cm³/mol. The summed E-state index contributed by atoms with van der Waals surface area (Å²) in [5.41, 5.74) is 0.287. The molecule has 0 saturated carbocycles. The lowest BCUT2D eigenvalue weighted by molar-refractivity contribution is 0.0516. The summed E-state index contributed by atoms with van der Waals surface area (Å²) in [6, 6.07) is 0. The molecule has 1 unspecified atom stereocenters. The molecule has 0 aromatic carbocycles. The summed E-state index contributed by atoms with van der Waals surface area (Å²) in [5, 5.41) is 26.0. The van der Waals surface area contributed by atoms with E-state index in [1.165, 1.54) is 4.90 Å². The molecule has 0 aromatic heterocycles. The number of aliphatic hydroxyl groups excluding tert-OH is 3. The van der Waals surface area contributed by atoms with E-state index in [2.05, 4.69) is 0 Å². The lowest BCUT2D eigenvalue weighted by Gasteiger charge is -2.22. The van der Waals surface area contributed by atoms with Gasteiger partial charge in [-0.2, -0.15) is 0 Å². The van der Waals surface area contributed by atoms with E-state index in [1.54, 1.807) is 14.0 Å². The second-order valence-corrected chi connectivity index (χ2v) is 2.02. The van der Waals surface area contributed by atoms with E-state index in [4.69, 9.17) is 15.3 Å². The summed E-state index contributed by atoms with van der Waals surface area (Å²) in [4.78, 5) is 1.36. The highest BCUT2D eigenvalue weighted by Crippen LogP contribution is 2.01. The lowest BCUT2D eigenvalue weighted by atomic mass is 10.4. The molecule has 0 aromatic rings. The molecule has 4 nitrogen and oxygen atoms in total. The normalized spacial score (nSPS) is 15.0. The molecule has 4 heteroatoms. The molecule has 60 valence electrons. The van der Waals surface area contributed by atoms with Crippen molar-refractivity contribution in [1.82, 2.24) is 4.90 Å². The first-order valence-corrected chi connectivity index (χ1v) is 2.98. The van der Waals surface area contributed by atoms with Gasteiger partial charge in [-0.25, -0.2) is 0 Å². The summed E-state index contributed by atoms with van der Waals surface area (Å²) < 4.78 is 0. The van der Waals surface area contributed by atoms with Gasteiger partial charge in [0, 0.05) is 7.05 Å². The van der Waals surface area contributed by atoms with Crippen LogP contribution in [0, 0.1) is 0 Å². The van der Waals surface area contributed by atoms with Gasteiger partial charge in [0.15, 0.2) is 0 Å². The molecule has 0 fully saturated rings. The molecule has 0 heterocycles. The summed E-state index contributed by atoms with van der Waals surface area (Å²) in [5.74, 6) is 0. The molecule has 0 aliphatic heterocycles. The van der Waals surface area contributed by atoms with Crippen molar-refractivity contribution >= 4 is 0 Å². The molecular formula is C6H13NO3. The predicted octanol–water partition coefficient (Wildman–Crippen LogP) is -0.352. The van der Waals surface area contributed by atoms with Crippen LogP contribution in [0.5, 0.6) is 0 Å². The van der Waals surface area contributed by atoms with E-state index in [0.29, 0.717) is 0 Å². The molecule has 0 radical (unpaired) electrons. The lowest BCUT2D eigenvalue weighted by Crippen LogP contribution is -2.29. The van der Waals surface area contributed by atoms with E-state index in [1.807, 2.05) is 0 Å². The van der Waals surface area contributed by atoms with Crippen molar-refractivity contribution in [3.8, 4) is 0 Å².